The Hall–Kier alpha value is -2.95. The molecule has 10 heteroatoms. The molecule has 4 N–H and O–H groups in total. The van der Waals surface area contributed by atoms with Gasteiger partial charge in [0, 0.05) is 50.4 Å². The standard InChI is InChI=1S/C25H34N6O3S/c1-3-18(16-27-2)23-29-20(17-35-23)22(32)28-19-6-4-5-7-21(19)30-10-8-25(9-11-30,24(26)33)31-12-14-34-15-13-31/h4-7,16-17,27H,3,8-15H2,1-2H3,(H2,26,33)(H,28,32)/b18-16+. The molecule has 188 valence electrons. The first kappa shape index (κ1) is 25.2. The molecule has 1 aromatic heterocycles. The number of amides is 2. The molecule has 0 bridgehead atoms. The van der Waals surface area contributed by atoms with Gasteiger partial charge in [-0.2, -0.15) is 0 Å². The van der Waals surface area contributed by atoms with E-state index >= 15 is 0 Å². The quantitative estimate of drug-likeness (QED) is 0.513. The van der Waals surface area contributed by atoms with Crippen LogP contribution in [0.3, 0.4) is 0 Å². The molecule has 2 amide bonds. The summed E-state index contributed by atoms with van der Waals surface area (Å²) in [5, 5.41) is 8.70. The molecule has 0 saturated carbocycles. The highest BCUT2D eigenvalue weighted by Crippen LogP contribution is 2.35. The van der Waals surface area contributed by atoms with Gasteiger partial charge in [0.15, 0.2) is 0 Å². The van der Waals surface area contributed by atoms with E-state index in [9.17, 15) is 9.59 Å². The number of nitrogens with one attached hydrogen (secondary N) is 2. The lowest BCUT2D eigenvalue weighted by atomic mass is 9.84. The van der Waals surface area contributed by atoms with Crippen molar-refractivity contribution in [2.75, 3.05) is 56.7 Å². The van der Waals surface area contributed by atoms with Crippen molar-refractivity contribution >= 4 is 40.1 Å². The second kappa shape index (κ2) is 11.2. The summed E-state index contributed by atoms with van der Waals surface area (Å²) in [7, 11) is 1.85. The molecule has 2 aliphatic heterocycles. The fourth-order valence-electron chi connectivity index (χ4n) is 4.88. The van der Waals surface area contributed by atoms with E-state index in [1.54, 1.807) is 5.38 Å². The van der Waals surface area contributed by atoms with E-state index in [1.165, 1.54) is 11.3 Å². The number of piperidine rings is 1. The van der Waals surface area contributed by atoms with Gasteiger partial charge in [0.1, 0.15) is 16.2 Å². The molecule has 0 spiro atoms. The molecule has 1 aromatic carbocycles. The van der Waals surface area contributed by atoms with Crippen LogP contribution in [-0.4, -0.2) is 73.7 Å². The minimum absolute atomic E-state index is 0.239. The Morgan fingerprint density at radius 3 is 2.57 bits per heavy atom. The van der Waals surface area contributed by atoms with Gasteiger partial charge in [-0.3, -0.25) is 14.5 Å². The van der Waals surface area contributed by atoms with Crippen LogP contribution < -0.4 is 21.3 Å². The molecule has 4 rings (SSSR count). The summed E-state index contributed by atoms with van der Waals surface area (Å²) in [6.45, 7) is 6.08. The third-order valence-corrected chi connectivity index (χ3v) is 7.79. The molecule has 0 radical (unpaired) electrons. The lowest BCUT2D eigenvalue weighted by Gasteiger charge is -2.48. The number of carbonyl (C=O) groups is 2. The van der Waals surface area contributed by atoms with E-state index in [2.05, 4.69) is 32.3 Å². The van der Waals surface area contributed by atoms with Gasteiger partial charge >= 0.3 is 0 Å². The zero-order valence-corrected chi connectivity index (χ0v) is 21.2. The highest BCUT2D eigenvalue weighted by Gasteiger charge is 2.45. The molecule has 2 fully saturated rings. The Balaban J connectivity index is 1.47. The van der Waals surface area contributed by atoms with Gasteiger partial charge in [0.25, 0.3) is 5.91 Å². The van der Waals surface area contributed by atoms with E-state index in [-0.39, 0.29) is 11.8 Å². The molecule has 0 atom stereocenters. The van der Waals surface area contributed by atoms with Crippen LogP contribution in [0.4, 0.5) is 11.4 Å². The van der Waals surface area contributed by atoms with Gasteiger partial charge in [0.2, 0.25) is 5.91 Å². The average Bonchev–Trinajstić information content (AvgIpc) is 3.38. The number of hydrogen-bond acceptors (Lipinski definition) is 8. The van der Waals surface area contributed by atoms with Crippen LogP contribution in [0.2, 0.25) is 0 Å². The number of hydrogen-bond donors (Lipinski definition) is 3. The third kappa shape index (κ3) is 5.34. The first-order valence-corrected chi connectivity index (χ1v) is 13.0. The first-order chi connectivity index (χ1) is 17.0. The van der Waals surface area contributed by atoms with E-state index in [0.29, 0.717) is 57.9 Å². The predicted octanol–water partition coefficient (Wildman–Crippen LogP) is 2.52. The van der Waals surface area contributed by atoms with Crippen LogP contribution in [0.15, 0.2) is 35.8 Å². The molecule has 3 heterocycles. The summed E-state index contributed by atoms with van der Waals surface area (Å²) >= 11 is 1.46. The molecular formula is C25H34N6O3S. The highest BCUT2D eigenvalue weighted by atomic mass is 32.1. The lowest BCUT2D eigenvalue weighted by molar-refractivity contribution is -0.135. The Bertz CT molecular complexity index is 1070. The number of nitrogens with zero attached hydrogens (tertiary/aromatic N) is 3. The predicted molar refractivity (Wildman–Crippen MR) is 140 cm³/mol. The summed E-state index contributed by atoms with van der Waals surface area (Å²) in [5.41, 5.74) is 8.39. The third-order valence-electron chi connectivity index (χ3n) is 6.87. The van der Waals surface area contributed by atoms with Gasteiger partial charge in [-0.05, 0) is 31.4 Å². The molecule has 35 heavy (non-hydrogen) atoms. The molecule has 2 aromatic rings. The number of ether oxygens (including phenoxy) is 1. The largest absolute Gasteiger partial charge is 0.394 e. The normalized spacial score (nSPS) is 18.8. The number of rotatable bonds is 8. The number of thiazole rings is 1. The number of para-hydroxylation sites is 2. The Morgan fingerprint density at radius 1 is 1.20 bits per heavy atom. The lowest BCUT2D eigenvalue weighted by Crippen LogP contribution is -2.64. The minimum atomic E-state index is -0.646. The van der Waals surface area contributed by atoms with Crippen molar-refractivity contribution in [2.45, 2.75) is 31.7 Å². The van der Waals surface area contributed by atoms with E-state index in [4.69, 9.17) is 10.5 Å². The maximum Gasteiger partial charge on any atom is 0.275 e. The topological polar surface area (TPSA) is 113 Å². The molecule has 0 unspecified atom stereocenters. The first-order valence-electron chi connectivity index (χ1n) is 12.1. The van der Waals surface area contributed by atoms with Gasteiger partial charge < -0.3 is 26.0 Å². The maximum atomic E-state index is 13.0. The summed E-state index contributed by atoms with van der Waals surface area (Å²) in [6, 6.07) is 7.76. The second-order valence-corrected chi connectivity index (χ2v) is 9.66. The van der Waals surface area contributed by atoms with Crippen molar-refractivity contribution < 1.29 is 14.3 Å². The fraction of sp³-hybridized carbons (Fsp3) is 0.480. The average molecular weight is 499 g/mol. The number of aromatic nitrogens is 1. The number of anilines is 2. The van der Waals surface area contributed by atoms with Gasteiger partial charge in [0.05, 0.1) is 24.6 Å². The molecule has 0 aliphatic carbocycles. The van der Waals surface area contributed by atoms with Gasteiger partial charge in [-0.15, -0.1) is 11.3 Å². The van der Waals surface area contributed by atoms with Crippen molar-refractivity contribution in [1.29, 1.82) is 0 Å². The van der Waals surface area contributed by atoms with Crippen LogP contribution in [0, 0.1) is 0 Å². The van der Waals surface area contributed by atoms with Gasteiger partial charge in [-0.1, -0.05) is 19.1 Å². The van der Waals surface area contributed by atoms with Crippen molar-refractivity contribution in [3.8, 4) is 0 Å². The second-order valence-electron chi connectivity index (χ2n) is 8.80. The van der Waals surface area contributed by atoms with E-state index < -0.39 is 5.54 Å². The Morgan fingerprint density at radius 2 is 1.91 bits per heavy atom. The maximum absolute atomic E-state index is 13.0. The van der Waals surface area contributed by atoms with Crippen LogP contribution in [0.1, 0.15) is 41.7 Å². The molecule has 2 aliphatic rings. The SMILES string of the molecule is CC/C(=C\NC)c1nc(C(=O)Nc2ccccc2N2CCC(C(N)=O)(N3CCOCC3)CC2)cs1. The van der Waals surface area contributed by atoms with Crippen molar-refractivity contribution in [1.82, 2.24) is 15.2 Å². The molecule has 9 nitrogen and oxygen atoms in total. The number of allylic oxidation sites excluding steroid dienone is 1. The summed E-state index contributed by atoms with van der Waals surface area (Å²) < 4.78 is 5.47. The summed E-state index contributed by atoms with van der Waals surface area (Å²) in [6.07, 6.45) is 4.01. The number of nitrogens with two attached hydrogens (primary N) is 1. The van der Waals surface area contributed by atoms with Crippen molar-refractivity contribution in [2.24, 2.45) is 5.73 Å². The minimum Gasteiger partial charge on any atom is -0.394 e. The molecule has 2 saturated heterocycles. The zero-order chi connectivity index (χ0) is 24.8. The van der Waals surface area contributed by atoms with Crippen LogP contribution in [-0.2, 0) is 9.53 Å². The van der Waals surface area contributed by atoms with Crippen LogP contribution in [0.5, 0.6) is 0 Å². The molecular weight excluding hydrogens is 464 g/mol. The van der Waals surface area contributed by atoms with E-state index in [0.717, 1.165) is 28.4 Å². The Kier molecular flexibility index (Phi) is 8.04. The summed E-state index contributed by atoms with van der Waals surface area (Å²) in [5.74, 6) is -0.504. The number of morpholine rings is 1. The zero-order valence-electron chi connectivity index (χ0n) is 20.4. The number of benzene rings is 1. The van der Waals surface area contributed by atoms with E-state index in [1.807, 2.05) is 37.5 Å². The van der Waals surface area contributed by atoms with Crippen LogP contribution >= 0.6 is 11.3 Å². The highest BCUT2D eigenvalue weighted by molar-refractivity contribution is 7.11. The van der Waals surface area contributed by atoms with Crippen molar-refractivity contribution in [3.05, 3.63) is 46.5 Å². The van der Waals surface area contributed by atoms with Crippen molar-refractivity contribution in [3.63, 3.8) is 0 Å². The van der Waals surface area contributed by atoms with Gasteiger partial charge in [-0.25, -0.2) is 4.98 Å². The Labute approximate surface area is 210 Å². The smallest absolute Gasteiger partial charge is 0.275 e. The fourth-order valence-corrected chi connectivity index (χ4v) is 5.77. The van der Waals surface area contributed by atoms with Crippen LogP contribution in [0.25, 0.3) is 5.57 Å². The number of carbonyl (C=O) groups excluding carboxylic acids is 2. The summed E-state index contributed by atoms with van der Waals surface area (Å²) in [4.78, 5) is 34.5. The number of primary amides is 1. The monoisotopic (exact) mass is 498 g/mol.